The number of hydrogen-bond donors (Lipinski definition) is 2. The Balaban J connectivity index is 1.84. The number of thioether (sulfide) groups is 1. The van der Waals surface area contributed by atoms with Crippen LogP contribution in [0, 0.1) is 10.1 Å². The highest BCUT2D eigenvalue weighted by molar-refractivity contribution is 7.99. The van der Waals surface area contributed by atoms with Gasteiger partial charge in [-0.25, -0.2) is 4.98 Å². The summed E-state index contributed by atoms with van der Waals surface area (Å²) in [6.45, 7) is 1.56. The van der Waals surface area contributed by atoms with Crippen LogP contribution in [0.4, 0.5) is 11.4 Å². The largest absolute Gasteiger partial charge is 0.392 e. The van der Waals surface area contributed by atoms with E-state index < -0.39 is 16.9 Å². The number of aromatic nitrogens is 2. The lowest BCUT2D eigenvalue weighted by atomic mass is 10.2. The summed E-state index contributed by atoms with van der Waals surface area (Å²) in [5, 5.41) is 24.2. The normalized spacial score (nSPS) is 12.0. The average molecular weight is 449 g/mol. The lowest BCUT2D eigenvalue weighted by molar-refractivity contribution is -0.383. The zero-order valence-electron chi connectivity index (χ0n) is 15.7. The molecule has 11 heteroatoms. The van der Waals surface area contributed by atoms with Crippen molar-refractivity contribution >= 4 is 51.5 Å². The van der Waals surface area contributed by atoms with Gasteiger partial charge in [0.25, 0.3) is 11.2 Å². The van der Waals surface area contributed by atoms with Crippen molar-refractivity contribution in [3.8, 4) is 0 Å². The van der Waals surface area contributed by atoms with Crippen molar-refractivity contribution in [1.82, 2.24) is 9.55 Å². The van der Waals surface area contributed by atoms with Gasteiger partial charge in [-0.3, -0.25) is 24.3 Å². The molecule has 0 unspecified atom stereocenters. The summed E-state index contributed by atoms with van der Waals surface area (Å²) in [6, 6.07) is 10.7. The molecule has 1 amide bonds. The molecule has 0 aliphatic heterocycles. The van der Waals surface area contributed by atoms with E-state index in [-0.39, 0.29) is 39.4 Å². The van der Waals surface area contributed by atoms with E-state index in [0.29, 0.717) is 10.9 Å². The van der Waals surface area contributed by atoms with E-state index in [2.05, 4.69) is 10.3 Å². The third kappa shape index (κ3) is 4.96. The van der Waals surface area contributed by atoms with E-state index in [0.717, 1.165) is 17.8 Å². The number of hydrogen-bond acceptors (Lipinski definition) is 7. The van der Waals surface area contributed by atoms with Crippen LogP contribution in [0.5, 0.6) is 0 Å². The number of aliphatic hydroxyl groups excluding tert-OH is 1. The van der Waals surface area contributed by atoms with E-state index in [1.54, 1.807) is 31.2 Å². The fraction of sp³-hybridized carbons (Fsp3) is 0.211. The van der Waals surface area contributed by atoms with E-state index in [9.17, 15) is 24.8 Å². The molecule has 9 nitrogen and oxygen atoms in total. The topological polar surface area (TPSA) is 127 Å². The molecule has 2 aromatic carbocycles. The smallest absolute Gasteiger partial charge is 0.294 e. The van der Waals surface area contributed by atoms with Gasteiger partial charge < -0.3 is 10.4 Å². The molecule has 0 aliphatic rings. The van der Waals surface area contributed by atoms with Crippen molar-refractivity contribution in [2.75, 3.05) is 11.1 Å². The number of fused-ring (bicyclic) bond motifs is 1. The van der Waals surface area contributed by atoms with Gasteiger partial charge in [0.05, 0.1) is 34.2 Å². The summed E-state index contributed by atoms with van der Waals surface area (Å²) in [7, 11) is 0. The SMILES string of the molecule is C[C@@H](O)Cn1c(SCC(=O)Nc2ccc(Cl)cc2[N+](=O)[O-])nc2ccccc2c1=O. The molecule has 3 aromatic rings. The number of nitro benzene ring substituents is 1. The van der Waals surface area contributed by atoms with Crippen molar-refractivity contribution in [2.45, 2.75) is 24.7 Å². The number of nitro groups is 1. The second-order valence-corrected chi connectivity index (χ2v) is 7.81. The fourth-order valence-corrected chi connectivity index (χ4v) is 3.74. The zero-order valence-corrected chi connectivity index (χ0v) is 17.3. The van der Waals surface area contributed by atoms with Gasteiger partial charge in [0.15, 0.2) is 5.16 Å². The quantitative estimate of drug-likeness (QED) is 0.246. The van der Waals surface area contributed by atoms with Gasteiger partial charge in [-0.05, 0) is 31.2 Å². The molecule has 3 rings (SSSR count). The van der Waals surface area contributed by atoms with Crippen molar-refractivity contribution in [3.63, 3.8) is 0 Å². The Kier molecular flexibility index (Phi) is 6.70. The predicted molar refractivity (Wildman–Crippen MR) is 115 cm³/mol. The van der Waals surface area contributed by atoms with Gasteiger partial charge >= 0.3 is 0 Å². The number of nitrogens with zero attached hydrogens (tertiary/aromatic N) is 3. The van der Waals surface area contributed by atoms with Crippen molar-refractivity contribution in [3.05, 3.63) is 68.0 Å². The van der Waals surface area contributed by atoms with Crippen LogP contribution in [0.25, 0.3) is 10.9 Å². The maximum absolute atomic E-state index is 12.8. The Morgan fingerprint density at radius 3 is 2.80 bits per heavy atom. The van der Waals surface area contributed by atoms with Gasteiger partial charge in [0.1, 0.15) is 5.69 Å². The number of para-hydroxylation sites is 1. The lowest BCUT2D eigenvalue weighted by Crippen LogP contribution is -2.28. The van der Waals surface area contributed by atoms with Crippen LogP contribution in [0.15, 0.2) is 52.4 Å². The average Bonchev–Trinajstić information content (AvgIpc) is 2.70. The molecule has 30 heavy (non-hydrogen) atoms. The first-order valence-corrected chi connectivity index (χ1v) is 10.2. The van der Waals surface area contributed by atoms with E-state index in [1.807, 2.05) is 0 Å². The lowest BCUT2D eigenvalue weighted by Gasteiger charge is -2.14. The molecule has 1 heterocycles. The first-order chi connectivity index (χ1) is 14.3. The molecular weight excluding hydrogens is 432 g/mol. The minimum Gasteiger partial charge on any atom is -0.392 e. The second-order valence-electron chi connectivity index (χ2n) is 6.43. The highest BCUT2D eigenvalue weighted by Crippen LogP contribution is 2.28. The van der Waals surface area contributed by atoms with Crippen LogP contribution in [0.2, 0.25) is 5.02 Å². The molecule has 2 N–H and O–H groups in total. The molecule has 0 fully saturated rings. The van der Waals surface area contributed by atoms with Gasteiger partial charge in [-0.15, -0.1) is 0 Å². The summed E-state index contributed by atoms with van der Waals surface area (Å²) in [6.07, 6.45) is -0.796. The summed E-state index contributed by atoms with van der Waals surface area (Å²) in [4.78, 5) is 40.1. The molecule has 0 radical (unpaired) electrons. The number of aliphatic hydroxyl groups is 1. The van der Waals surface area contributed by atoms with Gasteiger partial charge in [-0.2, -0.15) is 0 Å². The van der Waals surface area contributed by atoms with Crippen LogP contribution >= 0.6 is 23.4 Å². The van der Waals surface area contributed by atoms with Crippen molar-refractivity contribution in [1.29, 1.82) is 0 Å². The minimum atomic E-state index is -0.796. The molecule has 0 saturated carbocycles. The standard InChI is InChI=1S/C19H17ClN4O5S/c1-11(25)9-23-18(27)13-4-2-3-5-14(13)22-19(23)30-10-17(26)21-15-7-6-12(20)8-16(15)24(28)29/h2-8,11,25H,9-10H2,1H3,(H,21,26)/t11-/m1/s1. The number of rotatable bonds is 7. The van der Waals surface area contributed by atoms with Crippen LogP contribution in [0.3, 0.4) is 0 Å². The number of amides is 1. The first-order valence-electron chi connectivity index (χ1n) is 8.80. The van der Waals surface area contributed by atoms with Crippen LogP contribution in [-0.2, 0) is 11.3 Å². The Morgan fingerprint density at radius 2 is 2.10 bits per heavy atom. The zero-order chi connectivity index (χ0) is 21.8. The summed E-state index contributed by atoms with van der Waals surface area (Å²) in [5.74, 6) is -0.666. The molecule has 156 valence electrons. The minimum absolute atomic E-state index is 0.0165. The highest BCUT2D eigenvalue weighted by Gasteiger charge is 2.18. The maximum atomic E-state index is 12.8. The number of carbonyl (C=O) groups is 1. The number of anilines is 1. The second kappa shape index (κ2) is 9.24. The molecule has 1 aromatic heterocycles. The van der Waals surface area contributed by atoms with Crippen molar-refractivity contribution < 1.29 is 14.8 Å². The third-order valence-corrected chi connectivity index (χ3v) is 5.25. The van der Waals surface area contributed by atoms with Gasteiger partial charge in [0, 0.05) is 11.1 Å². The van der Waals surface area contributed by atoms with Crippen LogP contribution in [-0.4, -0.2) is 37.3 Å². The third-order valence-electron chi connectivity index (χ3n) is 4.04. The van der Waals surface area contributed by atoms with Crippen molar-refractivity contribution in [2.24, 2.45) is 0 Å². The van der Waals surface area contributed by atoms with Gasteiger partial charge in [-0.1, -0.05) is 35.5 Å². The highest BCUT2D eigenvalue weighted by atomic mass is 35.5. The van der Waals surface area contributed by atoms with Crippen LogP contribution < -0.4 is 10.9 Å². The molecule has 0 saturated heterocycles. The summed E-state index contributed by atoms with van der Waals surface area (Å²) in [5.41, 5.74) is -0.156. The predicted octanol–water partition coefficient (Wildman–Crippen LogP) is 3.07. The number of halogens is 1. The van der Waals surface area contributed by atoms with E-state index in [1.165, 1.54) is 16.7 Å². The van der Waals surface area contributed by atoms with E-state index in [4.69, 9.17) is 11.6 Å². The summed E-state index contributed by atoms with van der Waals surface area (Å²) >= 11 is 6.77. The Labute approximate surface area is 179 Å². The molecule has 0 bridgehead atoms. The maximum Gasteiger partial charge on any atom is 0.294 e. The Hall–Kier alpha value is -2.95. The molecule has 0 spiro atoms. The van der Waals surface area contributed by atoms with Gasteiger partial charge in [0.2, 0.25) is 5.91 Å². The van der Waals surface area contributed by atoms with E-state index >= 15 is 0 Å². The molecule has 0 aliphatic carbocycles. The Bertz CT molecular complexity index is 1180. The molecular formula is C19H17ClN4O5S. The Morgan fingerprint density at radius 1 is 1.37 bits per heavy atom. The number of benzene rings is 2. The molecule has 1 atom stereocenters. The van der Waals surface area contributed by atoms with Crippen LogP contribution in [0.1, 0.15) is 6.92 Å². The summed E-state index contributed by atoms with van der Waals surface area (Å²) < 4.78 is 1.32. The monoisotopic (exact) mass is 448 g/mol. The fourth-order valence-electron chi connectivity index (χ4n) is 2.76. The number of carbonyl (C=O) groups excluding carboxylic acids is 1. The number of nitrogens with one attached hydrogen (secondary N) is 1. The first kappa shape index (κ1) is 21.8.